The topological polar surface area (TPSA) is 426 Å². The predicted octanol–water partition coefficient (Wildman–Crippen LogP) is 12.2. The Bertz CT molecular complexity index is 4120. The van der Waals surface area contributed by atoms with Crippen molar-refractivity contribution < 1.29 is 118 Å². The van der Waals surface area contributed by atoms with Gasteiger partial charge in [0.1, 0.15) is 36.3 Å². The third-order valence-electron chi connectivity index (χ3n) is 30.3. The summed E-state index contributed by atoms with van der Waals surface area (Å²) in [5.41, 5.74) is 12.9. The molecule has 16 rings (SSSR count). The summed E-state index contributed by atoms with van der Waals surface area (Å²) in [5.74, 6) is -9.45. The number of nitrogens with two attached hydrogens (primary N) is 1. The molecule has 0 aromatic carbocycles. The predicted molar refractivity (Wildman–Crippen MR) is 395 cm³/mol. The van der Waals surface area contributed by atoms with E-state index in [0.29, 0.717) is 77.0 Å². The van der Waals surface area contributed by atoms with Gasteiger partial charge < -0.3 is 66.4 Å². The third kappa shape index (κ3) is 13.5. The van der Waals surface area contributed by atoms with Gasteiger partial charge in [-0.25, -0.2) is 0 Å². The summed E-state index contributed by atoms with van der Waals surface area (Å²) in [5, 5.41) is 13.4. The number of methoxy groups -OCH3 is 4. The summed E-state index contributed by atoms with van der Waals surface area (Å²) in [6.45, 7) is 15.6. The lowest BCUT2D eigenvalue weighted by Gasteiger charge is -2.61. The van der Waals surface area contributed by atoms with Crippen molar-refractivity contribution in [3.8, 4) is 0 Å². The highest BCUT2D eigenvalue weighted by molar-refractivity contribution is 6.32. The van der Waals surface area contributed by atoms with Gasteiger partial charge in [-0.2, -0.15) is 0 Å². The minimum atomic E-state index is -1.23. The van der Waals surface area contributed by atoms with Crippen LogP contribution in [0.15, 0.2) is 97.2 Å². The zero-order valence-corrected chi connectivity index (χ0v) is 67.1. The van der Waals surface area contributed by atoms with Crippen LogP contribution in [0.4, 0.5) is 0 Å². The van der Waals surface area contributed by atoms with Crippen molar-refractivity contribution in [2.24, 2.45) is 125 Å². The number of fused-ring (bicyclic) bond motifs is 12. The molecule has 8 aliphatic carbocycles. The quantitative estimate of drug-likeness (QED) is 0.0392. The first-order valence-corrected chi connectivity index (χ1v) is 39.8. The molecule has 4 saturated heterocycles. The van der Waals surface area contributed by atoms with Crippen LogP contribution in [0.5, 0.6) is 0 Å². The van der Waals surface area contributed by atoms with Crippen LogP contribution in [0.25, 0.3) is 10.4 Å². The number of rotatable bonds is 9. The van der Waals surface area contributed by atoms with Crippen LogP contribution >= 0.6 is 11.6 Å². The Hall–Kier alpha value is -8.92. The minimum absolute atomic E-state index is 0.0597. The van der Waals surface area contributed by atoms with E-state index in [-0.39, 0.29) is 90.6 Å². The van der Waals surface area contributed by atoms with Gasteiger partial charge in [-0.15, -0.1) is 11.6 Å². The van der Waals surface area contributed by atoms with Crippen LogP contribution in [0.3, 0.4) is 0 Å². The molecule has 4 aromatic heterocycles. The average molecular weight is 1600 g/mol. The number of alkyl halides is 1. The lowest BCUT2D eigenvalue weighted by Crippen LogP contribution is -2.65. The van der Waals surface area contributed by atoms with E-state index in [1.165, 1.54) is 59.8 Å². The lowest BCUT2D eigenvalue weighted by molar-refractivity contribution is -0.209. The highest BCUT2D eigenvalue weighted by Gasteiger charge is 2.72. The van der Waals surface area contributed by atoms with E-state index in [2.05, 4.69) is 10.0 Å². The monoisotopic (exact) mass is 1600 g/mol. The standard InChI is InChI=1S/C21H25ClO6.C21H25N3O6.C21H27NO6.C21H26O7/c1-20-6-4-12-19(25)28-15(11-5-7-27-10-11)9-21(12,2)17(20)16(23)14(22)8-13(20)18(24)26-3;1-20-6-4-12-19(27)30-15(11-5-7-29-10-11)9-21(12,2)17(20)16(25)14(23-24-22)8-13(20)18(26)28-3;2*1-20-6-4-12-19(25)28-15(11-5-7-27-10-11)9-21(12,2)17(20)16(23)14(22)8-13(20)18(24)26-3/h5,7,10,12-15,17H,4,6,8-9H2,1-3H3;5,7,10,12-15,17H,4,6,8-9H2,1-3H3;5,7,10,12-15,17H,4,6,8-9,22H2,1-3H3;5,7,10,12-15,17,22H,4,6,8-9H2,1-3H3/t12?,13-,14+,15-,17?,20-,21-;3*12?,13-,14-,15-,17?,20-,21-/m0000/s1. The second-order valence-electron chi connectivity index (χ2n) is 36.1. The van der Waals surface area contributed by atoms with Crippen molar-refractivity contribution >= 4 is 82.5 Å². The number of halogens is 1. The van der Waals surface area contributed by atoms with Gasteiger partial charge in [-0.3, -0.25) is 57.5 Å². The smallest absolute Gasteiger partial charge is 0.310 e. The second-order valence-corrected chi connectivity index (χ2v) is 36.6. The molecule has 12 aliphatic rings. The second kappa shape index (κ2) is 30.9. The molecule has 12 fully saturated rings. The molecule has 29 nitrogen and oxygen atoms in total. The largest absolute Gasteiger partial charge is 0.472 e. The highest BCUT2D eigenvalue weighted by Crippen LogP contribution is 2.70. The zero-order chi connectivity index (χ0) is 82.5. The van der Waals surface area contributed by atoms with Crippen molar-refractivity contribution in [1.29, 1.82) is 0 Å². The molecule has 114 heavy (non-hydrogen) atoms. The Morgan fingerprint density at radius 2 is 0.711 bits per heavy atom. The zero-order valence-electron chi connectivity index (χ0n) is 66.3. The Morgan fingerprint density at radius 1 is 0.430 bits per heavy atom. The summed E-state index contributed by atoms with van der Waals surface area (Å²) in [6.07, 6.45) is 16.1. The number of hydrogen-bond acceptors (Lipinski definition) is 27. The molecule has 0 radical (unpaired) electrons. The van der Waals surface area contributed by atoms with Gasteiger partial charge in [-0.1, -0.05) is 60.5 Å². The molecular formula is C84H103ClN4O25. The fourth-order valence-electron chi connectivity index (χ4n) is 24.9. The summed E-state index contributed by atoms with van der Waals surface area (Å²) in [7, 11) is 5.37. The number of carbonyl (C=O) groups excluding carboxylic acids is 12. The Morgan fingerprint density at radius 3 is 1.01 bits per heavy atom. The SMILES string of the molecule is COC(=O)[C@@H]1C[C@@H](Cl)C(=O)C2[C@@]3(C)C[C@@H](c4ccoc4)OC(=O)C3CC[C@]21C.COC(=O)[C@@H]1C[C@H](N)C(=O)C2[C@@]3(C)C[C@@H](c4ccoc4)OC(=O)C3CC[C@]21C.COC(=O)[C@@H]1C[C@H](N=[N+]=[N-])C(=O)C2[C@@]3(C)C[C@@H](c4ccoc4)OC(=O)C3CC[C@]21C.COC(=O)[C@@H]1C[C@H](O)C(=O)C2[C@@]3(C)C[C@@H](c4ccoc4)OC(=O)C3CC[C@]21C. The number of ketones is 4. The van der Waals surface area contributed by atoms with Gasteiger partial charge in [0.05, 0.1) is 143 Å². The van der Waals surface area contributed by atoms with Crippen LogP contribution < -0.4 is 5.73 Å². The highest BCUT2D eigenvalue weighted by atomic mass is 35.5. The van der Waals surface area contributed by atoms with E-state index in [9.17, 15) is 62.6 Å². The van der Waals surface area contributed by atoms with Crippen LogP contribution in [0.1, 0.15) is 205 Å². The molecule has 0 bridgehead atoms. The summed E-state index contributed by atoms with van der Waals surface area (Å²) in [6, 6.07) is 5.34. The number of cyclic esters (lactones) is 4. The van der Waals surface area contributed by atoms with Gasteiger partial charge in [0, 0.05) is 50.8 Å². The molecule has 616 valence electrons. The van der Waals surface area contributed by atoms with E-state index < -0.39 is 168 Å². The summed E-state index contributed by atoms with van der Waals surface area (Å²) < 4.78 is 63.5. The van der Waals surface area contributed by atoms with E-state index in [1.54, 1.807) is 43.1 Å². The Balaban J connectivity index is 0.000000133. The number of azide groups is 1. The van der Waals surface area contributed by atoms with E-state index in [4.69, 9.17) is 78.4 Å². The fraction of sp³-hybridized carbons (Fsp3) is 0.667. The molecular weight excluding hydrogens is 1500 g/mol. The number of furan rings is 4. The Labute approximate surface area is 664 Å². The van der Waals surface area contributed by atoms with Gasteiger partial charge in [0.2, 0.25) is 0 Å². The molecule has 0 amide bonds. The first-order chi connectivity index (χ1) is 53.9. The first-order valence-electron chi connectivity index (χ1n) is 39.4. The van der Waals surface area contributed by atoms with Crippen LogP contribution in [0, 0.1) is 114 Å². The van der Waals surface area contributed by atoms with Gasteiger partial charge >= 0.3 is 47.8 Å². The maximum atomic E-state index is 13.6. The maximum Gasteiger partial charge on any atom is 0.310 e. The normalized spacial score (nSPS) is 42.3. The maximum absolute atomic E-state index is 13.6. The average Bonchev–Trinajstić information content (AvgIpc) is 1.67. The number of esters is 8. The van der Waals surface area contributed by atoms with Crippen molar-refractivity contribution in [3.05, 3.63) is 107 Å². The number of ether oxygens (including phenoxy) is 8. The van der Waals surface area contributed by atoms with Gasteiger partial charge in [0.15, 0.2) is 17.3 Å². The lowest BCUT2D eigenvalue weighted by atomic mass is 9.43. The molecule has 28 atom stereocenters. The summed E-state index contributed by atoms with van der Waals surface area (Å²) in [4.78, 5) is 158. The molecule has 4 aromatic rings. The Kier molecular flexibility index (Phi) is 22.5. The van der Waals surface area contributed by atoms with Crippen molar-refractivity contribution in [1.82, 2.24) is 0 Å². The number of hydrogen-bond donors (Lipinski definition) is 2. The van der Waals surface area contributed by atoms with E-state index in [0.717, 1.165) is 22.3 Å². The first kappa shape index (κ1) is 83.0. The van der Waals surface area contributed by atoms with Gasteiger partial charge in [-0.05, 0) is 176 Å². The van der Waals surface area contributed by atoms with Gasteiger partial charge in [0.25, 0.3) is 0 Å². The van der Waals surface area contributed by atoms with Crippen molar-refractivity contribution in [2.75, 3.05) is 28.4 Å². The van der Waals surface area contributed by atoms with Crippen LogP contribution in [-0.2, 0) is 95.4 Å². The number of carbonyl (C=O) groups is 12. The van der Waals surface area contributed by atoms with E-state index >= 15 is 0 Å². The molecule has 8 saturated carbocycles. The van der Waals surface area contributed by atoms with Crippen molar-refractivity contribution in [2.45, 2.75) is 206 Å². The number of Topliss-reactive ketones (excluding diaryl/α,β-unsaturated/α-hetero) is 4. The number of nitrogens with zero attached hydrogens (tertiary/aromatic N) is 3. The number of aliphatic hydroxyl groups excluding tert-OH is 1. The fourth-order valence-corrected chi connectivity index (χ4v) is 25.2. The molecule has 4 aliphatic heterocycles. The van der Waals surface area contributed by atoms with Crippen LogP contribution in [-0.4, -0.2) is 128 Å². The molecule has 30 heteroatoms. The molecule has 0 spiro atoms. The van der Waals surface area contributed by atoms with Crippen molar-refractivity contribution in [3.63, 3.8) is 0 Å². The van der Waals surface area contributed by atoms with Crippen LogP contribution in [0.2, 0.25) is 0 Å². The van der Waals surface area contributed by atoms with E-state index in [1.807, 2.05) is 55.4 Å². The number of aliphatic hydroxyl groups is 1. The minimum Gasteiger partial charge on any atom is -0.472 e. The molecule has 8 heterocycles. The molecule has 3 N–H and O–H groups in total. The third-order valence-corrected chi connectivity index (χ3v) is 30.7. The molecule has 8 unspecified atom stereocenters. The summed E-state index contributed by atoms with van der Waals surface area (Å²) >= 11 is 6.42.